The van der Waals surface area contributed by atoms with Crippen LogP contribution in [-0.4, -0.2) is 96.9 Å². The van der Waals surface area contributed by atoms with Crippen LogP contribution in [0.25, 0.3) is 5.57 Å². The summed E-state index contributed by atoms with van der Waals surface area (Å²) in [7, 11) is 0. The number of amidine groups is 1. The predicted octanol–water partition coefficient (Wildman–Crippen LogP) is 2.97. The van der Waals surface area contributed by atoms with Crippen LogP contribution in [0.3, 0.4) is 0 Å². The minimum atomic E-state index is -0.201. The van der Waals surface area contributed by atoms with E-state index in [0.717, 1.165) is 89.6 Å². The van der Waals surface area contributed by atoms with E-state index in [1.54, 1.807) is 0 Å². The Hall–Kier alpha value is -2.46. The molecule has 3 aliphatic heterocycles. The van der Waals surface area contributed by atoms with Crippen LogP contribution in [-0.2, 0) is 9.63 Å². The van der Waals surface area contributed by atoms with Gasteiger partial charge in [-0.1, -0.05) is 32.1 Å². The molecule has 1 amide bonds. The lowest BCUT2D eigenvalue weighted by Gasteiger charge is -2.36. The molecule has 2 N–H and O–H groups in total. The number of hydrogen-bond acceptors (Lipinski definition) is 8. The van der Waals surface area contributed by atoms with E-state index in [9.17, 15) is 4.79 Å². The molecule has 0 bridgehead atoms. The largest absolute Gasteiger partial charge is 0.493 e. The maximum absolute atomic E-state index is 13.0. The second-order valence-corrected chi connectivity index (χ2v) is 11.6. The van der Waals surface area contributed by atoms with Gasteiger partial charge in [0.2, 0.25) is 12.3 Å². The molecule has 2 fully saturated rings. The fraction of sp³-hybridized carbons (Fsp3) is 0.667. The maximum atomic E-state index is 13.0. The molecule has 2 atom stereocenters. The van der Waals surface area contributed by atoms with E-state index in [2.05, 4.69) is 64.5 Å². The van der Waals surface area contributed by atoms with Crippen LogP contribution in [0.2, 0.25) is 0 Å². The van der Waals surface area contributed by atoms with Crippen LogP contribution in [0.5, 0.6) is 5.75 Å². The summed E-state index contributed by atoms with van der Waals surface area (Å²) < 4.78 is 6.16. The number of nitrogens with zero attached hydrogens (tertiary/aromatic N) is 4. The molecule has 2 unspecified atom stereocenters. The number of carbonyl (C=O) groups is 1. The van der Waals surface area contributed by atoms with Crippen molar-refractivity contribution in [3.05, 3.63) is 35.9 Å². The highest BCUT2D eigenvalue weighted by molar-refractivity contribution is 5.84. The highest BCUT2D eigenvalue weighted by Gasteiger charge is 2.31. The normalized spacial score (nSPS) is 25.4. The molecule has 1 aromatic carbocycles. The van der Waals surface area contributed by atoms with Gasteiger partial charge in [-0.25, -0.2) is 15.3 Å². The molecule has 9 nitrogen and oxygen atoms in total. The van der Waals surface area contributed by atoms with Gasteiger partial charge in [0, 0.05) is 57.6 Å². The zero-order valence-electron chi connectivity index (χ0n) is 23.6. The van der Waals surface area contributed by atoms with Gasteiger partial charge < -0.3 is 14.7 Å². The van der Waals surface area contributed by atoms with E-state index in [4.69, 9.17) is 14.7 Å². The van der Waals surface area contributed by atoms with Crippen LogP contribution in [0.15, 0.2) is 35.3 Å². The maximum Gasteiger partial charge on any atom is 0.233 e. The zero-order chi connectivity index (χ0) is 27.2. The molecule has 4 aliphatic rings. The van der Waals surface area contributed by atoms with Crippen LogP contribution >= 0.6 is 0 Å². The summed E-state index contributed by atoms with van der Waals surface area (Å²) in [6.45, 7) is 11.0. The monoisotopic (exact) mass is 539 g/mol. The lowest BCUT2D eigenvalue weighted by atomic mass is 9.85. The molecule has 1 aromatic rings. The van der Waals surface area contributed by atoms with Gasteiger partial charge in [-0.05, 0) is 61.3 Å². The van der Waals surface area contributed by atoms with Crippen molar-refractivity contribution in [3.8, 4) is 5.75 Å². The molecule has 2 saturated heterocycles. The number of nitrogens with one attached hydrogen (secondary N) is 1. The lowest BCUT2D eigenvalue weighted by molar-refractivity contribution is -0.137. The summed E-state index contributed by atoms with van der Waals surface area (Å²) in [5.41, 5.74) is 5.53. The molecule has 9 heteroatoms. The van der Waals surface area contributed by atoms with E-state index in [-0.39, 0.29) is 18.9 Å². The number of hydrogen-bond donors (Lipinski definition) is 2. The van der Waals surface area contributed by atoms with Crippen molar-refractivity contribution < 1.29 is 19.5 Å². The second-order valence-electron chi connectivity index (χ2n) is 11.6. The number of carbonyl (C=O) groups excluding carboxylic acids is 1. The topological polar surface area (TPSA) is 89.9 Å². The molecule has 39 heavy (non-hydrogen) atoms. The molecule has 3 heterocycles. The number of aliphatic hydroxyl groups excluding tert-OH is 1. The van der Waals surface area contributed by atoms with Crippen LogP contribution in [0, 0.1) is 17.8 Å². The number of hydroxylamine groups is 1. The van der Waals surface area contributed by atoms with E-state index in [1.165, 1.54) is 11.1 Å². The highest BCUT2D eigenvalue weighted by Crippen LogP contribution is 2.32. The Labute approximate surface area is 232 Å². The molecule has 0 spiro atoms. The highest BCUT2D eigenvalue weighted by atomic mass is 16.7. The molecule has 0 saturated carbocycles. The third-order valence-electron chi connectivity index (χ3n) is 8.60. The van der Waals surface area contributed by atoms with E-state index in [0.29, 0.717) is 24.3 Å². The zero-order valence-corrected chi connectivity index (χ0v) is 23.6. The Morgan fingerprint density at radius 3 is 2.46 bits per heavy atom. The molecular weight excluding hydrogens is 494 g/mol. The van der Waals surface area contributed by atoms with Crippen LogP contribution in [0.1, 0.15) is 51.5 Å². The third-order valence-corrected chi connectivity index (χ3v) is 8.60. The first kappa shape index (κ1) is 28.1. The summed E-state index contributed by atoms with van der Waals surface area (Å²) in [4.78, 5) is 29.9. The third kappa shape index (κ3) is 7.20. The minimum Gasteiger partial charge on any atom is -0.493 e. The Morgan fingerprint density at radius 2 is 1.85 bits per heavy atom. The van der Waals surface area contributed by atoms with Crippen LogP contribution in [0.4, 0.5) is 0 Å². The van der Waals surface area contributed by atoms with E-state index < -0.39 is 0 Å². The Balaban J connectivity index is 1.03. The van der Waals surface area contributed by atoms with E-state index >= 15 is 0 Å². The number of aliphatic hydroxyl groups is 1. The number of amides is 1. The molecule has 1 aliphatic carbocycles. The first-order valence-electron chi connectivity index (χ1n) is 14.8. The van der Waals surface area contributed by atoms with Gasteiger partial charge in [-0.15, -0.1) is 0 Å². The Morgan fingerprint density at radius 1 is 1.10 bits per heavy atom. The first-order valence-corrected chi connectivity index (χ1v) is 14.8. The number of ether oxygens (including phenoxy) is 1. The second kappa shape index (κ2) is 13.3. The average molecular weight is 540 g/mol. The summed E-state index contributed by atoms with van der Waals surface area (Å²) in [5, 5.41) is 9.12. The van der Waals surface area contributed by atoms with Crippen molar-refractivity contribution in [3.63, 3.8) is 0 Å². The number of allylic oxidation sites excluding steroid dienone is 2. The van der Waals surface area contributed by atoms with Gasteiger partial charge in [0.15, 0.2) is 0 Å². The van der Waals surface area contributed by atoms with Gasteiger partial charge in [0.05, 0.1) is 13.2 Å². The number of β-amino-alcohol motifs (C(OH)–C–C–N with tert-alkyl or cyclic N) is 1. The molecule has 0 radical (unpaired) electrons. The number of piperidine rings is 1. The van der Waals surface area contributed by atoms with E-state index in [1.807, 2.05) is 4.90 Å². The van der Waals surface area contributed by atoms with Crippen molar-refractivity contribution in [2.45, 2.75) is 52.3 Å². The SMILES string of the molecule is CC(C)C1=NC(N2CCC(COc3ccc(C4=CCC(C(=O)N5CCN(CCO)CC5)CC4)cc3)CC2)ON1. The van der Waals surface area contributed by atoms with Gasteiger partial charge in [0.1, 0.15) is 11.6 Å². The Kier molecular flexibility index (Phi) is 9.55. The fourth-order valence-electron chi connectivity index (χ4n) is 5.94. The van der Waals surface area contributed by atoms with Gasteiger partial charge in [-0.2, -0.15) is 0 Å². The molecule has 0 aromatic heterocycles. The van der Waals surface area contributed by atoms with Gasteiger partial charge >= 0.3 is 0 Å². The summed E-state index contributed by atoms with van der Waals surface area (Å²) in [5.74, 6) is 3.11. The number of likely N-dealkylation sites (tertiary alicyclic amines) is 1. The summed E-state index contributed by atoms with van der Waals surface area (Å²) in [6, 6.07) is 8.46. The quantitative estimate of drug-likeness (QED) is 0.499. The molecule has 214 valence electrons. The molecule has 5 rings (SSSR count). The van der Waals surface area contributed by atoms with Crippen molar-refractivity contribution in [1.29, 1.82) is 0 Å². The summed E-state index contributed by atoms with van der Waals surface area (Å²) in [6.07, 6.45) is 6.87. The van der Waals surface area contributed by atoms with Crippen molar-refractivity contribution >= 4 is 17.3 Å². The van der Waals surface area contributed by atoms with Crippen molar-refractivity contribution in [2.24, 2.45) is 22.7 Å². The van der Waals surface area contributed by atoms with Gasteiger partial charge in [-0.3, -0.25) is 14.6 Å². The van der Waals surface area contributed by atoms with Gasteiger partial charge in [0.25, 0.3) is 0 Å². The lowest BCUT2D eigenvalue weighted by Crippen LogP contribution is -2.50. The first-order chi connectivity index (χ1) is 19.0. The van der Waals surface area contributed by atoms with Crippen molar-refractivity contribution in [2.75, 3.05) is 59.0 Å². The predicted molar refractivity (Wildman–Crippen MR) is 152 cm³/mol. The average Bonchev–Trinajstić information content (AvgIpc) is 3.48. The minimum absolute atomic E-state index is 0.0905. The number of benzene rings is 1. The summed E-state index contributed by atoms with van der Waals surface area (Å²) >= 11 is 0. The van der Waals surface area contributed by atoms with Crippen LogP contribution < -0.4 is 10.2 Å². The number of rotatable bonds is 9. The smallest absolute Gasteiger partial charge is 0.233 e. The fourth-order valence-corrected chi connectivity index (χ4v) is 5.94. The number of aliphatic imine (C=N–C) groups is 1. The van der Waals surface area contributed by atoms with Crippen molar-refractivity contribution in [1.82, 2.24) is 20.2 Å². The Bertz CT molecular complexity index is 1010. The number of piperazine rings is 1. The standard InChI is InChI=1S/C30H45N5O4/c1-22(2)28-31-30(39-32-28)35-13-11-23(12-14-35)21-38-27-9-7-25(8-10-27)24-3-5-26(6-4-24)29(37)34-17-15-33(16-18-34)19-20-36/h3,7-10,22-23,26,30,36H,4-6,11-21H2,1-2H3,(H,31,32). The molecular formula is C30H45N5O4.